The molecule has 0 radical (unpaired) electrons. The van der Waals surface area contributed by atoms with Crippen molar-refractivity contribution in [1.29, 1.82) is 0 Å². The maximum absolute atomic E-state index is 10.6. The van der Waals surface area contributed by atoms with Crippen molar-refractivity contribution in [2.75, 3.05) is 24.5 Å². The van der Waals surface area contributed by atoms with Crippen molar-refractivity contribution in [3.8, 4) is 0 Å². The zero-order valence-electron chi connectivity index (χ0n) is 15.3. The van der Waals surface area contributed by atoms with Crippen LogP contribution in [0.15, 0.2) is 18.5 Å². The Morgan fingerprint density at radius 1 is 1.29 bits per heavy atom. The van der Waals surface area contributed by atoms with Gasteiger partial charge in [-0.05, 0) is 29.4 Å². The topological polar surface area (TPSA) is 78.4 Å². The van der Waals surface area contributed by atoms with Crippen LogP contribution >= 0.6 is 11.6 Å². The highest BCUT2D eigenvalue weighted by Gasteiger charge is 2.50. The number of anilines is 1. The highest BCUT2D eigenvalue weighted by atomic mass is 35.5. The first-order valence-electron chi connectivity index (χ1n) is 8.78. The van der Waals surface area contributed by atoms with E-state index in [-0.39, 0.29) is 0 Å². The van der Waals surface area contributed by atoms with Gasteiger partial charge in [0.25, 0.3) is 0 Å². The van der Waals surface area contributed by atoms with Crippen molar-refractivity contribution in [3.05, 3.63) is 29.2 Å². The van der Waals surface area contributed by atoms with Crippen LogP contribution in [0.25, 0.3) is 10.8 Å². The van der Waals surface area contributed by atoms with Gasteiger partial charge in [-0.15, -0.1) is 0 Å². The van der Waals surface area contributed by atoms with Gasteiger partial charge in [-0.2, -0.15) is 13.2 Å². The van der Waals surface area contributed by atoms with E-state index in [1.807, 2.05) is 18.5 Å². The van der Waals surface area contributed by atoms with Crippen molar-refractivity contribution in [2.24, 2.45) is 0 Å². The van der Waals surface area contributed by atoms with Crippen LogP contribution in [0, 0.1) is 0 Å². The normalized spacial score (nSPS) is 17.8. The molecule has 2 aliphatic rings. The van der Waals surface area contributed by atoms with Crippen LogP contribution in [0.5, 0.6) is 0 Å². The van der Waals surface area contributed by atoms with Gasteiger partial charge in [-0.25, -0.2) is 14.8 Å². The third-order valence-electron chi connectivity index (χ3n) is 5.15. The lowest BCUT2D eigenvalue weighted by molar-refractivity contribution is -0.192. The minimum Gasteiger partial charge on any atom is -0.475 e. The lowest BCUT2D eigenvalue weighted by atomic mass is 9.79. The van der Waals surface area contributed by atoms with Gasteiger partial charge in [0.1, 0.15) is 11.0 Å². The van der Waals surface area contributed by atoms with Crippen molar-refractivity contribution in [1.82, 2.24) is 15.3 Å². The molecular formula is C18H20ClF3N4O2. The van der Waals surface area contributed by atoms with Gasteiger partial charge in [0.05, 0.1) is 5.54 Å². The molecule has 2 aliphatic heterocycles. The molecule has 0 aromatic carbocycles. The summed E-state index contributed by atoms with van der Waals surface area (Å²) in [6, 6.07) is 1.98. The molecule has 0 bridgehead atoms. The van der Waals surface area contributed by atoms with Crippen molar-refractivity contribution in [2.45, 2.75) is 37.9 Å². The number of aliphatic carboxylic acids is 1. The molecule has 2 aromatic heterocycles. The largest absolute Gasteiger partial charge is 0.490 e. The summed E-state index contributed by atoms with van der Waals surface area (Å²) >= 11 is 6.11. The van der Waals surface area contributed by atoms with Crippen molar-refractivity contribution in [3.63, 3.8) is 0 Å². The van der Waals surface area contributed by atoms with E-state index in [1.165, 1.54) is 17.4 Å². The second kappa shape index (κ2) is 7.36. The molecule has 2 N–H and O–H groups in total. The highest BCUT2D eigenvalue weighted by Crippen LogP contribution is 2.41. The number of nitrogens with one attached hydrogen (secondary N) is 1. The van der Waals surface area contributed by atoms with Gasteiger partial charge in [0, 0.05) is 37.4 Å². The summed E-state index contributed by atoms with van der Waals surface area (Å²) in [4.78, 5) is 20.4. The lowest BCUT2D eigenvalue weighted by Gasteiger charge is -2.59. The smallest absolute Gasteiger partial charge is 0.475 e. The molecule has 10 heteroatoms. The summed E-state index contributed by atoms with van der Waals surface area (Å²) in [7, 11) is 0. The van der Waals surface area contributed by atoms with E-state index in [9.17, 15) is 13.2 Å². The molecule has 0 aliphatic carbocycles. The fraction of sp³-hybridized carbons (Fsp3) is 0.500. The summed E-state index contributed by atoms with van der Waals surface area (Å²) in [5.74, 6) is -1.28. The molecule has 1 spiro atoms. The average Bonchev–Trinajstić information content (AvgIpc) is 2.51. The number of fused-ring (bicyclic) bond motifs is 1. The van der Waals surface area contributed by atoms with E-state index in [1.54, 1.807) is 0 Å². The number of carboxylic acid groups (broad SMARTS) is 1. The molecule has 4 rings (SSSR count). The maximum atomic E-state index is 10.6. The van der Waals surface area contributed by atoms with Gasteiger partial charge >= 0.3 is 12.1 Å². The maximum Gasteiger partial charge on any atom is 0.490 e. The van der Waals surface area contributed by atoms with E-state index in [0.717, 1.165) is 30.8 Å². The minimum absolute atomic E-state index is 0.291. The van der Waals surface area contributed by atoms with Crippen LogP contribution in [0.2, 0.25) is 5.15 Å². The molecule has 2 fully saturated rings. The van der Waals surface area contributed by atoms with Crippen molar-refractivity contribution < 1.29 is 23.1 Å². The summed E-state index contributed by atoms with van der Waals surface area (Å²) in [6.45, 7) is 7.57. The first-order valence-corrected chi connectivity index (χ1v) is 9.15. The zero-order valence-corrected chi connectivity index (χ0v) is 16.1. The van der Waals surface area contributed by atoms with Crippen LogP contribution in [-0.2, 0) is 4.79 Å². The Bertz CT molecular complexity index is 895. The van der Waals surface area contributed by atoms with Gasteiger partial charge in [0.2, 0.25) is 0 Å². The molecule has 0 saturated carbocycles. The highest BCUT2D eigenvalue weighted by molar-refractivity contribution is 6.30. The van der Waals surface area contributed by atoms with Crippen LogP contribution in [0.1, 0.15) is 31.7 Å². The number of halogens is 4. The fourth-order valence-electron chi connectivity index (χ4n) is 3.44. The van der Waals surface area contributed by atoms with E-state index in [4.69, 9.17) is 26.5 Å². The summed E-state index contributed by atoms with van der Waals surface area (Å²) in [5.41, 5.74) is 1.53. The molecular weight excluding hydrogens is 397 g/mol. The summed E-state index contributed by atoms with van der Waals surface area (Å²) in [5, 5.41) is 13.4. The first kappa shape index (κ1) is 20.6. The quantitative estimate of drug-likeness (QED) is 0.728. The lowest BCUT2D eigenvalue weighted by Crippen LogP contribution is -2.76. The monoisotopic (exact) mass is 416 g/mol. The Hall–Kier alpha value is -2.13. The van der Waals surface area contributed by atoms with Crippen molar-refractivity contribution >= 4 is 34.2 Å². The minimum atomic E-state index is -5.08. The SMILES string of the molecule is CC(C)c1cnc(N2CCC23CNC3)c2cnc(Cl)cc12.O=C(O)C(F)(F)F. The van der Waals surface area contributed by atoms with E-state index >= 15 is 0 Å². The number of carboxylic acids is 1. The van der Waals surface area contributed by atoms with Gasteiger partial charge in [-0.3, -0.25) is 0 Å². The molecule has 28 heavy (non-hydrogen) atoms. The first-order chi connectivity index (χ1) is 13.0. The molecule has 2 aromatic rings. The number of rotatable bonds is 2. The molecule has 0 unspecified atom stereocenters. The third kappa shape index (κ3) is 3.73. The second-order valence-corrected chi connectivity index (χ2v) is 7.66. The van der Waals surface area contributed by atoms with Gasteiger partial charge < -0.3 is 15.3 Å². The number of carbonyl (C=O) groups is 1. The second-order valence-electron chi connectivity index (χ2n) is 7.28. The number of hydrogen-bond donors (Lipinski definition) is 2. The number of alkyl halides is 3. The Morgan fingerprint density at radius 3 is 2.36 bits per heavy atom. The fourth-order valence-corrected chi connectivity index (χ4v) is 3.60. The molecule has 152 valence electrons. The Balaban J connectivity index is 0.000000279. The molecule has 2 saturated heterocycles. The summed E-state index contributed by atoms with van der Waals surface area (Å²) < 4.78 is 31.7. The Kier molecular flexibility index (Phi) is 5.42. The average molecular weight is 417 g/mol. The standard InChI is InChI=1S/C16H19ClN4.C2HF3O2/c1-10(2)12-6-20-15(13-7-19-14(17)5-11(12)13)21-4-3-16(21)8-18-9-16;3-2(4,5)1(6)7/h5-7,10,18H,3-4,8-9H2,1-2H3;(H,6,7). The molecule has 0 atom stereocenters. The number of pyridine rings is 2. The van der Waals surface area contributed by atoms with Crippen LogP contribution in [-0.4, -0.2) is 52.4 Å². The number of hydrogen-bond acceptors (Lipinski definition) is 5. The molecule has 4 heterocycles. The predicted octanol–water partition coefficient (Wildman–Crippen LogP) is 3.59. The van der Waals surface area contributed by atoms with Crippen LogP contribution < -0.4 is 10.2 Å². The summed E-state index contributed by atoms with van der Waals surface area (Å²) in [6.07, 6.45) is 0.0525. The predicted molar refractivity (Wildman–Crippen MR) is 99.9 cm³/mol. The van der Waals surface area contributed by atoms with E-state index in [0.29, 0.717) is 16.6 Å². The molecule has 0 amide bonds. The van der Waals surface area contributed by atoms with E-state index in [2.05, 4.69) is 29.0 Å². The zero-order chi connectivity index (χ0) is 20.7. The number of nitrogens with zero attached hydrogens (tertiary/aromatic N) is 3. The third-order valence-corrected chi connectivity index (χ3v) is 5.36. The van der Waals surface area contributed by atoms with Crippen LogP contribution in [0.3, 0.4) is 0 Å². The Morgan fingerprint density at radius 2 is 1.93 bits per heavy atom. The van der Waals surface area contributed by atoms with Crippen LogP contribution in [0.4, 0.5) is 19.0 Å². The van der Waals surface area contributed by atoms with Gasteiger partial charge in [0.15, 0.2) is 0 Å². The number of aromatic nitrogens is 2. The van der Waals surface area contributed by atoms with E-state index < -0.39 is 12.1 Å². The molecule has 6 nitrogen and oxygen atoms in total. The van der Waals surface area contributed by atoms with Gasteiger partial charge in [-0.1, -0.05) is 25.4 Å². The Labute approximate surface area is 164 Å².